The minimum absolute atomic E-state index is 0.162. The molecule has 4 rings (SSSR count). The highest BCUT2D eigenvalue weighted by atomic mass is 35.5. The molecule has 3 aromatic heterocycles. The molecule has 0 atom stereocenters. The van der Waals surface area contributed by atoms with Gasteiger partial charge in [0.15, 0.2) is 0 Å². The fourth-order valence-electron chi connectivity index (χ4n) is 2.80. The van der Waals surface area contributed by atoms with Crippen molar-refractivity contribution < 1.29 is 9.13 Å². The summed E-state index contributed by atoms with van der Waals surface area (Å²) in [5, 5.41) is 1.28. The molecule has 0 unspecified atom stereocenters. The third kappa shape index (κ3) is 3.48. The third-order valence-electron chi connectivity index (χ3n) is 4.03. The van der Waals surface area contributed by atoms with Gasteiger partial charge in [-0.1, -0.05) is 46.7 Å². The molecule has 0 aliphatic carbocycles. The van der Waals surface area contributed by atoms with Crippen molar-refractivity contribution in [3.8, 4) is 17.0 Å². The molecular weight excluding hydrogens is 408 g/mol. The Labute approximate surface area is 168 Å². The quantitative estimate of drug-likeness (QED) is 0.401. The number of hydrogen-bond donors (Lipinski definition) is 0. The predicted molar refractivity (Wildman–Crippen MR) is 106 cm³/mol. The van der Waals surface area contributed by atoms with Gasteiger partial charge in [-0.3, -0.25) is 4.98 Å². The second kappa shape index (κ2) is 7.38. The molecule has 0 saturated heterocycles. The first-order chi connectivity index (χ1) is 13.0. The molecule has 4 aromatic rings. The summed E-state index contributed by atoms with van der Waals surface area (Å²) in [5.74, 6) is 0.553. The number of thiazole rings is 1. The molecule has 0 saturated carbocycles. The zero-order valence-electron chi connectivity index (χ0n) is 14.0. The van der Waals surface area contributed by atoms with Gasteiger partial charge in [0, 0.05) is 34.6 Å². The maximum Gasteiger partial charge on any atom is 0.204 e. The highest BCUT2D eigenvalue weighted by Gasteiger charge is 2.16. The van der Waals surface area contributed by atoms with Crippen LogP contribution in [0.4, 0.5) is 4.39 Å². The SMILES string of the molecule is Cc1cc(-c2ncsc2F)c2cccc(OCc3c(Cl)cncc3Cl)c2n1. The summed E-state index contributed by atoms with van der Waals surface area (Å²) in [6.07, 6.45) is 3.03. The molecule has 0 fully saturated rings. The first kappa shape index (κ1) is 18.1. The summed E-state index contributed by atoms with van der Waals surface area (Å²) < 4.78 is 20.1. The van der Waals surface area contributed by atoms with E-state index in [1.54, 1.807) is 6.07 Å². The molecule has 0 aliphatic rings. The Hall–Kier alpha value is -2.28. The molecule has 0 spiro atoms. The minimum Gasteiger partial charge on any atom is -0.487 e. The second-order valence-electron chi connectivity index (χ2n) is 5.81. The Balaban J connectivity index is 1.79. The van der Waals surface area contributed by atoms with Crippen molar-refractivity contribution in [2.45, 2.75) is 13.5 Å². The van der Waals surface area contributed by atoms with Crippen LogP contribution in [0, 0.1) is 12.1 Å². The van der Waals surface area contributed by atoms with E-state index in [0.717, 1.165) is 22.4 Å². The van der Waals surface area contributed by atoms with Crippen molar-refractivity contribution >= 4 is 45.4 Å². The molecule has 0 aliphatic heterocycles. The Kier molecular flexibility index (Phi) is 4.95. The van der Waals surface area contributed by atoms with Crippen LogP contribution < -0.4 is 4.74 Å². The molecule has 27 heavy (non-hydrogen) atoms. The summed E-state index contributed by atoms with van der Waals surface area (Å²) in [7, 11) is 0. The lowest BCUT2D eigenvalue weighted by Gasteiger charge is -2.13. The summed E-state index contributed by atoms with van der Waals surface area (Å²) in [5.41, 5.74) is 4.49. The zero-order valence-corrected chi connectivity index (χ0v) is 16.4. The largest absolute Gasteiger partial charge is 0.487 e. The molecular formula is C19H12Cl2FN3OS. The molecule has 4 nitrogen and oxygen atoms in total. The Morgan fingerprint density at radius 2 is 1.96 bits per heavy atom. The van der Waals surface area contributed by atoms with Gasteiger partial charge in [0.05, 0.1) is 15.6 Å². The van der Waals surface area contributed by atoms with Crippen LogP contribution in [0.3, 0.4) is 0 Å². The number of fused-ring (bicyclic) bond motifs is 1. The van der Waals surface area contributed by atoms with E-state index in [2.05, 4.69) is 15.0 Å². The maximum atomic E-state index is 14.1. The first-order valence-corrected chi connectivity index (χ1v) is 9.58. The number of hydrogen-bond acceptors (Lipinski definition) is 5. The van der Waals surface area contributed by atoms with Crippen LogP contribution in [0.2, 0.25) is 10.0 Å². The van der Waals surface area contributed by atoms with E-state index >= 15 is 0 Å². The van der Waals surface area contributed by atoms with Gasteiger partial charge in [-0.15, -0.1) is 0 Å². The number of ether oxygens (including phenoxy) is 1. The normalized spacial score (nSPS) is 11.1. The Morgan fingerprint density at radius 1 is 1.19 bits per heavy atom. The summed E-state index contributed by atoms with van der Waals surface area (Å²) in [4.78, 5) is 12.7. The van der Waals surface area contributed by atoms with E-state index in [0.29, 0.717) is 38.1 Å². The second-order valence-corrected chi connectivity index (χ2v) is 7.43. The molecule has 136 valence electrons. The molecule has 0 bridgehead atoms. The van der Waals surface area contributed by atoms with E-state index < -0.39 is 0 Å². The smallest absolute Gasteiger partial charge is 0.204 e. The minimum atomic E-state index is -0.330. The van der Waals surface area contributed by atoms with Crippen molar-refractivity contribution in [2.24, 2.45) is 0 Å². The van der Waals surface area contributed by atoms with Crippen LogP contribution in [-0.4, -0.2) is 15.0 Å². The van der Waals surface area contributed by atoms with Crippen LogP contribution in [0.15, 0.2) is 42.2 Å². The standard InChI is InChI=1S/C19H12Cl2FN3OS/c1-10-5-12(18-19(22)27-9-24-18)11-3-2-4-16(17(11)25-10)26-8-13-14(20)6-23-7-15(13)21/h2-7,9H,8H2,1H3. The highest BCUT2D eigenvalue weighted by molar-refractivity contribution is 7.08. The average Bonchev–Trinajstić information content (AvgIpc) is 3.06. The number of pyridine rings is 2. The summed E-state index contributed by atoms with van der Waals surface area (Å²) in [6, 6.07) is 7.33. The van der Waals surface area contributed by atoms with E-state index in [4.69, 9.17) is 27.9 Å². The Morgan fingerprint density at radius 3 is 2.67 bits per heavy atom. The topological polar surface area (TPSA) is 47.9 Å². The fraction of sp³-hybridized carbons (Fsp3) is 0.105. The number of halogens is 3. The monoisotopic (exact) mass is 419 g/mol. The van der Waals surface area contributed by atoms with Gasteiger partial charge in [0.1, 0.15) is 23.6 Å². The molecule has 0 N–H and O–H groups in total. The van der Waals surface area contributed by atoms with Crippen molar-refractivity contribution in [1.29, 1.82) is 0 Å². The lowest BCUT2D eigenvalue weighted by atomic mass is 10.0. The molecule has 1 aromatic carbocycles. The fourth-order valence-corrected chi connectivity index (χ4v) is 3.79. The molecule has 8 heteroatoms. The van der Waals surface area contributed by atoms with E-state index in [-0.39, 0.29) is 11.7 Å². The van der Waals surface area contributed by atoms with E-state index in [1.165, 1.54) is 17.9 Å². The number of aryl methyl sites for hydroxylation is 1. The van der Waals surface area contributed by atoms with Gasteiger partial charge in [-0.2, -0.15) is 4.39 Å². The summed E-state index contributed by atoms with van der Waals surface area (Å²) >= 11 is 13.3. The van der Waals surface area contributed by atoms with Gasteiger partial charge in [-0.05, 0) is 19.1 Å². The number of benzene rings is 1. The van der Waals surface area contributed by atoms with Gasteiger partial charge < -0.3 is 4.74 Å². The van der Waals surface area contributed by atoms with Gasteiger partial charge >= 0.3 is 0 Å². The number of nitrogens with zero attached hydrogens (tertiary/aromatic N) is 3. The van der Waals surface area contributed by atoms with Crippen LogP contribution >= 0.6 is 34.5 Å². The van der Waals surface area contributed by atoms with E-state index in [1.807, 2.05) is 25.1 Å². The van der Waals surface area contributed by atoms with Crippen molar-refractivity contribution in [3.63, 3.8) is 0 Å². The van der Waals surface area contributed by atoms with Crippen LogP contribution in [-0.2, 0) is 6.61 Å². The van der Waals surface area contributed by atoms with Crippen LogP contribution in [0.25, 0.3) is 22.2 Å². The van der Waals surface area contributed by atoms with Crippen LogP contribution in [0.5, 0.6) is 5.75 Å². The highest BCUT2D eigenvalue weighted by Crippen LogP contribution is 2.35. The number of aromatic nitrogens is 3. The van der Waals surface area contributed by atoms with Crippen molar-refractivity contribution in [2.75, 3.05) is 0 Å². The third-order valence-corrected chi connectivity index (χ3v) is 5.30. The van der Waals surface area contributed by atoms with Crippen molar-refractivity contribution in [1.82, 2.24) is 15.0 Å². The summed E-state index contributed by atoms with van der Waals surface area (Å²) in [6.45, 7) is 2.01. The van der Waals surface area contributed by atoms with Gasteiger partial charge in [0.2, 0.25) is 5.13 Å². The number of rotatable bonds is 4. The zero-order chi connectivity index (χ0) is 19.0. The van der Waals surface area contributed by atoms with Crippen LogP contribution in [0.1, 0.15) is 11.3 Å². The Bertz CT molecular complexity index is 1130. The van der Waals surface area contributed by atoms with Gasteiger partial charge in [0.25, 0.3) is 0 Å². The van der Waals surface area contributed by atoms with E-state index in [9.17, 15) is 4.39 Å². The number of para-hydroxylation sites is 1. The maximum absolute atomic E-state index is 14.1. The average molecular weight is 420 g/mol. The first-order valence-electron chi connectivity index (χ1n) is 7.95. The lowest BCUT2D eigenvalue weighted by molar-refractivity contribution is 0.309. The van der Waals surface area contributed by atoms with Crippen molar-refractivity contribution in [3.05, 3.63) is 68.6 Å². The molecule has 0 radical (unpaired) electrons. The molecule has 3 heterocycles. The lowest BCUT2D eigenvalue weighted by Crippen LogP contribution is -2.00. The molecule has 0 amide bonds. The van der Waals surface area contributed by atoms with Gasteiger partial charge in [-0.25, -0.2) is 9.97 Å². The predicted octanol–water partition coefficient (Wildman–Crippen LogP) is 6.09.